The smallest absolute Gasteiger partial charge is 0.430 e. The van der Waals surface area contributed by atoms with Crippen molar-refractivity contribution in [3.63, 3.8) is 0 Å². The van der Waals surface area contributed by atoms with Crippen LogP contribution in [0.5, 0.6) is 11.5 Å². The van der Waals surface area contributed by atoms with Gasteiger partial charge in [-0.15, -0.1) is 0 Å². The minimum absolute atomic E-state index is 0.152. The summed E-state index contributed by atoms with van der Waals surface area (Å²) in [5.41, 5.74) is 6.96. The molecule has 1 aliphatic carbocycles. The molecule has 1 amide bonds. The molecule has 0 spiro atoms. The first-order chi connectivity index (χ1) is 13.9. The monoisotopic (exact) mass is 437 g/mol. The van der Waals surface area contributed by atoms with Gasteiger partial charge >= 0.3 is 6.09 Å². The molecule has 0 radical (unpaired) electrons. The maximum Gasteiger partial charge on any atom is 0.430 e. The maximum atomic E-state index is 11.1. The van der Waals surface area contributed by atoms with Crippen LogP contribution in [0.25, 0.3) is 0 Å². The Morgan fingerprint density at radius 2 is 1.86 bits per heavy atom. The van der Waals surface area contributed by atoms with E-state index in [2.05, 4.69) is 10.1 Å². The van der Waals surface area contributed by atoms with Gasteiger partial charge in [-0.25, -0.2) is 9.78 Å². The number of primary amides is 1. The third kappa shape index (κ3) is 5.98. The van der Waals surface area contributed by atoms with Crippen LogP contribution in [0.4, 0.5) is 4.79 Å². The zero-order chi connectivity index (χ0) is 20.8. The van der Waals surface area contributed by atoms with E-state index < -0.39 is 6.09 Å². The van der Waals surface area contributed by atoms with Crippen molar-refractivity contribution in [2.75, 3.05) is 7.11 Å². The highest BCUT2D eigenvalue weighted by Crippen LogP contribution is 2.33. The lowest BCUT2D eigenvalue weighted by atomic mass is 10.0. The van der Waals surface area contributed by atoms with Crippen LogP contribution in [0, 0.1) is 0 Å². The van der Waals surface area contributed by atoms with E-state index in [0.717, 1.165) is 31.2 Å². The fraction of sp³-hybridized carbons (Fsp3) is 0.350. The molecular formula is C20H21Cl2N3O4. The summed E-state index contributed by atoms with van der Waals surface area (Å²) in [7, 11) is 1.59. The largest absolute Gasteiger partial charge is 0.493 e. The van der Waals surface area contributed by atoms with Crippen LogP contribution in [0.3, 0.4) is 0 Å². The molecule has 0 aliphatic heterocycles. The number of pyridine rings is 1. The summed E-state index contributed by atoms with van der Waals surface area (Å²) in [6, 6.07) is 8.71. The number of amides is 1. The molecule has 2 aromatic rings. The predicted molar refractivity (Wildman–Crippen MR) is 111 cm³/mol. The average Bonchev–Trinajstić information content (AvgIpc) is 3.17. The topological polar surface area (TPSA) is 96.0 Å². The van der Waals surface area contributed by atoms with Gasteiger partial charge in [0.05, 0.1) is 18.9 Å². The van der Waals surface area contributed by atoms with Crippen LogP contribution in [-0.4, -0.2) is 30.0 Å². The Kier molecular flexibility index (Phi) is 7.17. The second-order valence-electron chi connectivity index (χ2n) is 6.64. The van der Waals surface area contributed by atoms with Crippen molar-refractivity contribution >= 4 is 35.0 Å². The molecule has 0 atom stereocenters. The van der Waals surface area contributed by atoms with E-state index in [1.807, 2.05) is 6.07 Å². The van der Waals surface area contributed by atoms with Crippen molar-refractivity contribution in [3.8, 4) is 11.5 Å². The van der Waals surface area contributed by atoms with Gasteiger partial charge in [-0.3, -0.25) is 4.84 Å². The number of carbonyl (C=O) groups excluding carboxylic acids is 1. The molecule has 1 aromatic carbocycles. The van der Waals surface area contributed by atoms with Crippen molar-refractivity contribution in [2.45, 2.75) is 38.2 Å². The third-order valence-electron chi connectivity index (χ3n) is 4.53. The first kappa shape index (κ1) is 21.2. The summed E-state index contributed by atoms with van der Waals surface area (Å²) >= 11 is 12.0. The minimum atomic E-state index is -1.01. The molecule has 3 rings (SSSR count). The highest BCUT2D eigenvalue weighted by Gasteiger charge is 2.20. The van der Waals surface area contributed by atoms with Crippen molar-refractivity contribution in [1.82, 2.24) is 4.98 Å². The first-order valence-electron chi connectivity index (χ1n) is 9.15. The Labute approximate surface area is 178 Å². The Bertz CT molecular complexity index is 894. The number of rotatable bonds is 7. The minimum Gasteiger partial charge on any atom is -0.493 e. The van der Waals surface area contributed by atoms with Crippen molar-refractivity contribution < 1.29 is 19.1 Å². The fourth-order valence-corrected chi connectivity index (χ4v) is 3.74. The molecule has 0 saturated heterocycles. The summed E-state index contributed by atoms with van der Waals surface area (Å²) in [6.45, 7) is 0. The summed E-state index contributed by atoms with van der Waals surface area (Å²) in [5.74, 6) is 1.22. The Morgan fingerprint density at radius 3 is 2.48 bits per heavy atom. The van der Waals surface area contributed by atoms with Crippen LogP contribution in [-0.2, 0) is 11.3 Å². The number of halogens is 2. The van der Waals surface area contributed by atoms with E-state index in [9.17, 15) is 4.79 Å². The number of carbonyl (C=O) groups is 1. The quantitative estimate of drug-likeness (QED) is 0.291. The molecule has 9 heteroatoms. The van der Waals surface area contributed by atoms with Crippen LogP contribution >= 0.6 is 23.2 Å². The van der Waals surface area contributed by atoms with E-state index in [0.29, 0.717) is 22.8 Å². The molecule has 1 aromatic heterocycles. The molecular weight excluding hydrogens is 417 g/mol. The molecule has 29 heavy (non-hydrogen) atoms. The van der Waals surface area contributed by atoms with E-state index in [1.54, 1.807) is 31.4 Å². The molecule has 2 N–H and O–H groups in total. The van der Waals surface area contributed by atoms with Crippen molar-refractivity contribution in [2.24, 2.45) is 10.9 Å². The summed E-state index contributed by atoms with van der Waals surface area (Å²) in [5, 5.41) is 4.42. The number of nitrogens with zero attached hydrogens (tertiary/aromatic N) is 2. The van der Waals surface area contributed by atoms with E-state index >= 15 is 0 Å². The van der Waals surface area contributed by atoms with Crippen LogP contribution < -0.4 is 15.2 Å². The standard InChI is InChI=1S/C20H21Cl2N3O4/c1-27-16-7-6-13(11-17(16)28-14-4-2-3-5-14)15(25-29-20(23)26)8-12-9-18(21)24-19(22)10-12/h6-7,9-11,14H,2-5,8H2,1H3,(H2,23,26). The second-order valence-corrected chi connectivity index (χ2v) is 7.41. The van der Waals surface area contributed by atoms with Gasteiger partial charge in [0.2, 0.25) is 0 Å². The number of methoxy groups -OCH3 is 1. The molecule has 1 heterocycles. The van der Waals surface area contributed by atoms with Gasteiger partial charge in [0.25, 0.3) is 0 Å². The van der Waals surface area contributed by atoms with E-state index in [-0.39, 0.29) is 22.8 Å². The predicted octanol–water partition coefficient (Wildman–Crippen LogP) is 4.76. The highest BCUT2D eigenvalue weighted by atomic mass is 35.5. The lowest BCUT2D eigenvalue weighted by molar-refractivity contribution is 0.161. The lowest BCUT2D eigenvalue weighted by Crippen LogP contribution is -2.15. The number of hydrogen-bond acceptors (Lipinski definition) is 6. The van der Waals surface area contributed by atoms with Gasteiger partial charge in [-0.1, -0.05) is 28.4 Å². The summed E-state index contributed by atoms with van der Waals surface area (Å²) in [4.78, 5) is 19.7. The fourth-order valence-electron chi connectivity index (χ4n) is 3.23. The Hall–Kier alpha value is -2.51. The number of oxime groups is 1. The molecule has 1 fully saturated rings. The SMILES string of the molecule is COc1ccc(C(Cc2cc(Cl)nc(Cl)c2)=NOC(N)=O)cc1OC1CCCC1. The van der Waals surface area contributed by atoms with Gasteiger partial charge in [0.15, 0.2) is 11.5 Å². The number of ether oxygens (including phenoxy) is 2. The maximum absolute atomic E-state index is 11.1. The average molecular weight is 438 g/mol. The van der Waals surface area contributed by atoms with E-state index in [1.165, 1.54) is 0 Å². The zero-order valence-electron chi connectivity index (χ0n) is 15.9. The van der Waals surface area contributed by atoms with Gasteiger partial charge in [0, 0.05) is 12.0 Å². The Balaban J connectivity index is 1.93. The van der Waals surface area contributed by atoms with Crippen molar-refractivity contribution in [1.29, 1.82) is 0 Å². The lowest BCUT2D eigenvalue weighted by Gasteiger charge is -2.17. The molecule has 1 aliphatic rings. The van der Waals surface area contributed by atoms with Gasteiger partial charge in [-0.2, -0.15) is 0 Å². The number of aromatic nitrogens is 1. The van der Waals surface area contributed by atoms with Gasteiger partial charge in [0.1, 0.15) is 10.3 Å². The first-order valence-corrected chi connectivity index (χ1v) is 9.90. The molecule has 154 valence electrons. The van der Waals surface area contributed by atoms with Gasteiger partial charge < -0.3 is 15.2 Å². The van der Waals surface area contributed by atoms with Crippen LogP contribution in [0.15, 0.2) is 35.5 Å². The summed E-state index contributed by atoms with van der Waals surface area (Å²) in [6.07, 6.45) is 3.73. The van der Waals surface area contributed by atoms with Crippen LogP contribution in [0.1, 0.15) is 36.8 Å². The normalized spacial score (nSPS) is 14.7. The van der Waals surface area contributed by atoms with Crippen molar-refractivity contribution in [3.05, 3.63) is 51.8 Å². The zero-order valence-corrected chi connectivity index (χ0v) is 17.4. The molecule has 7 nitrogen and oxygen atoms in total. The van der Waals surface area contributed by atoms with Gasteiger partial charge in [-0.05, 0) is 61.6 Å². The number of hydrogen-bond donors (Lipinski definition) is 1. The number of benzene rings is 1. The summed E-state index contributed by atoms with van der Waals surface area (Å²) < 4.78 is 11.6. The molecule has 0 bridgehead atoms. The molecule has 1 saturated carbocycles. The number of nitrogens with two attached hydrogens (primary N) is 1. The van der Waals surface area contributed by atoms with E-state index in [4.69, 9.17) is 43.2 Å². The second kappa shape index (κ2) is 9.80. The third-order valence-corrected chi connectivity index (χ3v) is 4.92. The molecule has 0 unspecified atom stereocenters. The Morgan fingerprint density at radius 1 is 1.17 bits per heavy atom. The highest BCUT2D eigenvalue weighted by molar-refractivity contribution is 6.32. The van der Waals surface area contributed by atoms with Crippen LogP contribution in [0.2, 0.25) is 10.3 Å².